The molecular formula is C15H18F3NO2. The molecule has 0 saturated carbocycles. The Balaban J connectivity index is 0.000000486. The molecule has 0 radical (unpaired) electrons. The molecule has 0 atom stereocenters. The lowest BCUT2D eigenvalue weighted by Crippen LogP contribution is -2.21. The number of nitrogens with two attached hydrogens (primary N) is 1. The van der Waals surface area contributed by atoms with Crippen molar-refractivity contribution in [3.63, 3.8) is 0 Å². The van der Waals surface area contributed by atoms with Crippen molar-refractivity contribution in [1.82, 2.24) is 0 Å². The molecule has 0 amide bonds. The van der Waals surface area contributed by atoms with E-state index in [9.17, 15) is 13.2 Å². The SMILES string of the molecule is CC(C)(C)c1ccc(C#CCN)cc1.O=C(O)C(F)(F)F. The first-order valence-electron chi connectivity index (χ1n) is 6.08. The summed E-state index contributed by atoms with van der Waals surface area (Å²) in [5, 5.41) is 7.12. The van der Waals surface area contributed by atoms with E-state index in [2.05, 4.69) is 44.7 Å². The van der Waals surface area contributed by atoms with E-state index in [-0.39, 0.29) is 5.41 Å². The Morgan fingerprint density at radius 3 is 1.90 bits per heavy atom. The lowest BCUT2D eigenvalue weighted by atomic mass is 9.87. The molecular weight excluding hydrogens is 283 g/mol. The first-order chi connectivity index (χ1) is 9.48. The number of hydrogen-bond donors (Lipinski definition) is 2. The highest BCUT2D eigenvalue weighted by Crippen LogP contribution is 2.21. The summed E-state index contributed by atoms with van der Waals surface area (Å²) in [5.41, 5.74) is 7.87. The second-order valence-corrected chi connectivity index (χ2v) is 5.14. The highest BCUT2D eigenvalue weighted by Gasteiger charge is 2.38. The Morgan fingerprint density at radius 1 is 1.19 bits per heavy atom. The predicted molar refractivity (Wildman–Crippen MR) is 74.8 cm³/mol. The number of rotatable bonds is 0. The molecule has 6 heteroatoms. The van der Waals surface area contributed by atoms with E-state index in [1.54, 1.807) is 0 Å². The van der Waals surface area contributed by atoms with Gasteiger partial charge in [0.1, 0.15) is 0 Å². The summed E-state index contributed by atoms with van der Waals surface area (Å²) in [5.74, 6) is 3.09. The molecule has 0 aromatic heterocycles. The van der Waals surface area contributed by atoms with Crippen LogP contribution in [0.25, 0.3) is 0 Å². The van der Waals surface area contributed by atoms with Crippen molar-refractivity contribution in [2.24, 2.45) is 5.73 Å². The fraction of sp³-hybridized carbons (Fsp3) is 0.400. The summed E-state index contributed by atoms with van der Waals surface area (Å²) in [7, 11) is 0. The van der Waals surface area contributed by atoms with Gasteiger partial charge in [0.2, 0.25) is 0 Å². The molecule has 0 aliphatic heterocycles. The van der Waals surface area contributed by atoms with Gasteiger partial charge in [-0.2, -0.15) is 13.2 Å². The maximum absolute atomic E-state index is 10.6. The van der Waals surface area contributed by atoms with Crippen molar-refractivity contribution >= 4 is 5.97 Å². The van der Waals surface area contributed by atoms with Crippen LogP contribution in [0.5, 0.6) is 0 Å². The number of hydrogen-bond acceptors (Lipinski definition) is 2. The Hall–Kier alpha value is -2.00. The van der Waals surface area contributed by atoms with Gasteiger partial charge in [-0.3, -0.25) is 0 Å². The van der Waals surface area contributed by atoms with Gasteiger partial charge in [0.25, 0.3) is 0 Å². The van der Waals surface area contributed by atoms with Crippen LogP contribution in [0.15, 0.2) is 24.3 Å². The summed E-state index contributed by atoms with van der Waals surface area (Å²) in [6.07, 6.45) is -5.08. The number of aliphatic carboxylic acids is 1. The van der Waals surface area contributed by atoms with E-state index in [0.29, 0.717) is 6.54 Å². The van der Waals surface area contributed by atoms with Gasteiger partial charge in [-0.05, 0) is 23.1 Å². The maximum Gasteiger partial charge on any atom is 0.490 e. The molecule has 0 bridgehead atoms. The molecule has 0 heterocycles. The van der Waals surface area contributed by atoms with E-state index in [4.69, 9.17) is 15.6 Å². The molecule has 1 aromatic carbocycles. The monoisotopic (exact) mass is 301 g/mol. The highest BCUT2D eigenvalue weighted by molar-refractivity contribution is 5.73. The molecule has 0 fully saturated rings. The zero-order valence-corrected chi connectivity index (χ0v) is 12.1. The zero-order valence-electron chi connectivity index (χ0n) is 12.1. The van der Waals surface area contributed by atoms with Crippen LogP contribution in [0.3, 0.4) is 0 Å². The molecule has 0 aliphatic rings. The smallest absolute Gasteiger partial charge is 0.475 e. The molecule has 0 spiro atoms. The quantitative estimate of drug-likeness (QED) is 0.724. The maximum atomic E-state index is 10.6. The molecule has 3 N–H and O–H groups in total. The first-order valence-corrected chi connectivity index (χ1v) is 6.08. The van der Waals surface area contributed by atoms with Crippen LogP contribution in [-0.2, 0) is 10.2 Å². The Labute approximate surface area is 122 Å². The molecule has 116 valence electrons. The van der Waals surface area contributed by atoms with E-state index in [1.807, 2.05) is 12.1 Å². The molecule has 0 unspecified atom stereocenters. The van der Waals surface area contributed by atoms with Crippen molar-refractivity contribution in [3.8, 4) is 11.8 Å². The fourth-order valence-corrected chi connectivity index (χ4v) is 1.21. The normalized spacial score (nSPS) is 10.8. The molecule has 3 nitrogen and oxygen atoms in total. The first kappa shape index (κ1) is 19.0. The number of alkyl halides is 3. The van der Waals surface area contributed by atoms with Crippen molar-refractivity contribution in [2.75, 3.05) is 6.54 Å². The summed E-state index contributed by atoms with van der Waals surface area (Å²) < 4.78 is 31.7. The fourth-order valence-electron chi connectivity index (χ4n) is 1.21. The van der Waals surface area contributed by atoms with E-state index >= 15 is 0 Å². The van der Waals surface area contributed by atoms with Crippen LogP contribution in [0.1, 0.15) is 31.9 Å². The summed E-state index contributed by atoms with van der Waals surface area (Å²) in [6.45, 7) is 7.02. The predicted octanol–water partition coefficient (Wildman–Crippen LogP) is 2.93. The highest BCUT2D eigenvalue weighted by atomic mass is 19.4. The van der Waals surface area contributed by atoms with E-state index < -0.39 is 12.1 Å². The average molecular weight is 301 g/mol. The molecule has 0 aliphatic carbocycles. The van der Waals surface area contributed by atoms with Gasteiger partial charge < -0.3 is 10.8 Å². The van der Waals surface area contributed by atoms with Crippen LogP contribution in [0.4, 0.5) is 13.2 Å². The van der Waals surface area contributed by atoms with Gasteiger partial charge in [0.05, 0.1) is 6.54 Å². The number of carbonyl (C=O) groups is 1. The standard InChI is InChI=1S/C13H17N.C2HF3O2/c1-13(2,3)12-8-6-11(7-9-12)5-4-10-14;3-2(4,5)1(6)7/h6-9H,10,14H2,1-3H3;(H,6,7). The third kappa shape index (κ3) is 8.00. The van der Waals surface area contributed by atoms with Crippen molar-refractivity contribution in [2.45, 2.75) is 32.4 Å². The van der Waals surface area contributed by atoms with Gasteiger partial charge in [-0.1, -0.05) is 44.7 Å². The molecule has 21 heavy (non-hydrogen) atoms. The van der Waals surface area contributed by atoms with Crippen LogP contribution in [0, 0.1) is 11.8 Å². The second-order valence-electron chi connectivity index (χ2n) is 5.14. The number of benzene rings is 1. The Morgan fingerprint density at radius 2 is 1.62 bits per heavy atom. The Bertz CT molecular complexity index is 517. The van der Waals surface area contributed by atoms with Gasteiger partial charge in [-0.15, -0.1) is 0 Å². The van der Waals surface area contributed by atoms with Crippen molar-refractivity contribution < 1.29 is 23.1 Å². The molecule has 1 aromatic rings. The lowest BCUT2D eigenvalue weighted by Gasteiger charge is -2.18. The zero-order chi connectivity index (χ0) is 16.7. The van der Waals surface area contributed by atoms with Gasteiger partial charge in [0.15, 0.2) is 0 Å². The summed E-state index contributed by atoms with van der Waals surface area (Å²) >= 11 is 0. The number of halogens is 3. The van der Waals surface area contributed by atoms with E-state index in [0.717, 1.165) is 5.56 Å². The topological polar surface area (TPSA) is 63.3 Å². The lowest BCUT2D eigenvalue weighted by molar-refractivity contribution is -0.192. The summed E-state index contributed by atoms with van der Waals surface area (Å²) in [4.78, 5) is 8.90. The van der Waals surface area contributed by atoms with Crippen LogP contribution in [-0.4, -0.2) is 23.8 Å². The largest absolute Gasteiger partial charge is 0.490 e. The van der Waals surface area contributed by atoms with Gasteiger partial charge in [-0.25, -0.2) is 4.79 Å². The van der Waals surface area contributed by atoms with Gasteiger partial charge in [0, 0.05) is 5.56 Å². The van der Waals surface area contributed by atoms with Gasteiger partial charge >= 0.3 is 12.1 Å². The minimum atomic E-state index is -5.08. The summed E-state index contributed by atoms with van der Waals surface area (Å²) in [6, 6.07) is 8.34. The molecule has 0 saturated heterocycles. The third-order valence-corrected chi connectivity index (χ3v) is 2.33. The minimum absolute atomic E-state index is 0.208. The second kappa shape index (κ2) is 7.70. The van der Waals surface area contributed by atoms with E-state index in [1.165, 1.54) is 5.56 Å². The van der Waals surface area contributed by atoms with Crippen molar-refractivity contribution in [1.29, 1.82) is 0 Å². The minimum Gasteiger partial charge on any atom is -0.475 e. The van der Waals surface area contributed by atoms with Crippen LogP contribution >= 0.6 is 0 Å². The number of carboxylic acid groups (broad SMARTS) is 1. The Kier molecular flexibility index (Phi) is 6.96. The number of carboxylic acids is 1. The van der Waals surface area contributed by atoms with Crippen LogP contribution < -0.4 is 5.73 Å². The average Bonchev–Trinajstić information content (AvgIpc) is 2.35. The van der Waals surface area contributed by atoms with Crippen LogP contribution in [0.2, 0.25) is 0 Å². The third-order valence-electron chi connectivity index (χ3n) is 2.33. The molecule has 1 rings (SSSR count). The van der Waals surface area contributed by atoms with Crippen molar-refractivity contribution in [3.05, 3.63) is 35.4 Å².